The number of urea groups is 1. The van der Waals surface area contributed by atoms with Crippen molar-refractivity contribution in [1.82, 2.24) is 15.1 Å². The summed E-state index contributed by atoms with van der Waals surface area (Å²) in [6.45, 7) is 6.48. The molecule has 4 aliphatic rings. The summed E-state index contributed by atoms with van der Waals surface area (Å²) in [7, 11) is 0. The molecule has 0 spiro atoms. The lowest BCUT2D eigenvalue weighted by molar-refractivity contribution is 0.146. The smallest absolute Gasteiger partial charge is 0.317 e. The van der Waals surface area contributed by atoms with Gasteiger partial charge >= 0.3 is 6.03 Å². The third kappa shape index (κ3) is 2.86. The van der Waals surface area contributed by atoms with Crippen LogP contribution >= 0.6 is 0 Å². The lowest BCUT2D eigenvalue weighted by Gasteiger charge is -2.32. The topological polar surface area (TPSA) is 35.6 Å². The zero-order valence-electron chi connectivity index (χ0n) is 14.1. The van der Waals surface area contributed by atoms with Crippen LogP contribution in [0.4, 0.5) is 4.79 Å². The van der Waals surface area contributed by atoms with E-state index in [1.165, 1.54) is 38.5 Å². The molecule has 0 aromatic carbocycles. The minimum Gasteiger partial charge on any atom is -0.335 e. The van der Waals surface area contributed by atoms with Crippen LogP contribution in [-0.2, 0) is 0 Å². The molecule has 4 nitrogen and oxygen atoms in total. The maximum atomic E-state index is 12.8. The molecule has 0 aromatic rings. The van der Waals surface area contributed by atoms with Gasteiger partial charge in [0.2, 0.25) is 0 Å². The van der Waals surface area contributed by atoms with Gasteiger partial charge in [0, 0.05) is 37.3 Å². The molecule has 2 saturated heterocycles. The van der Waals surface area contributed by atoms with Crippen LogP contribution in [-0.4, -0.2) is 53.1 Å². The van der Waals surface area contributed by atoms with Crippen molar-refractivity contribution in [3.63, 3.8) is 0 Å². The zero-order valence-corrected chi connectivity index (χ0v) is 14.1. The van der Waals surface area contributed by atoms with Crippen molar-refractivity contribution in [3.8, 4) is 0 Å². The number of amides is 2. The molecule has 2 amide bonds. The van der Waals surface area contributed by atoms with Crippen LogP contribution in [0.5, 0.6) is 0 Å². The number of rotatable bonds is 4. The van der Waals surface area contributed by atoms with Crippen LogP contribution in [0.1, 0.15) is 58.8 Å². The fraction of sp³-hybridized carbons (Fsp3) is 0.944. The Hall–Kier alpha value is -0.770. The molecule has 0 unspecified atom stereocenters. The Labute approximate surface area is 134 Å². The van der Waals surface area contributed by atoms with Gasteiger partial charge in [0.05, 0.1) is 0 Å². The highest BCUT2D eigenvalue weighted by Crippen LogP contribution is 2.44. The van der Waals surface area contributed by atoms with Crippen LogP contribution in [0.3, 0.4) is 0 Å². The van der Waals surface area contributed by atoms with Crippen LogP contribution in [0.15, 0.2) is 0 Å². The van der Waals surface area contributed by atoms with E-state index in [1.807, 2.05) is 0 Å². The van der Waals surface area contributed by atoms with E-state index in [2.05, 4.69) is 29.0 Å². The van der Waals surface area contributed by atoms with E-state index in [4.69, 9.17) is 0 Å². The standard InChI is InChI=1S/C18H31N3O/c1-12(2)21-15-7-8-16(21)11-20(10-9-15)18(22)19-17(13-3-4-13)14-5-6-14/h12-17H,3-11H2,1-2H3,(H,19,22)/t15-,16-/m0/s1. The Morgan fingerprint density at radius 2 is 1.59 bits per heavy atom. The molecule has 4 rings (SSSR count). The molecule has 2 atom stereocenters. The predicted octanol–water partition coefficient (Wildman–Crippen LogP) is 2.83. The van der Waals surface area contributed by atoms with Gasteiger partial charge in [0.25, 0.3) is 0 Å². The number of carbonyl (C=O) groups is 1. The summed E-state index contributed by atoms with van der Waals surface area (Å²) in [6.07, 6.45) is 9.05. The Morgan fingerprint density at radius 3 is 2.18 bits per heavy atom. The van der Waals surface area contributed by atoms with Crippen LogP contribution in [0, 0.1) is 11.8 Å². The van der Waals surface area contributed by atoms with E-state index in [9.17, 15) is 4.79 Å². The molecule has 0 radical (unpaired) electrons. The molecule has 0 aromatic heterocycles. The Balaban J connectivity index is 1.39. The van der Waals surface area contributed by atoms with Crippen molar-refractivity contribution in [2.75, 3.05) is 13.1 Å². The molecule has 2 bridgehead atoms. The summed E-state index contributed by atoms with van der Waals surface area (Å²) in [5.74, 6) is 1.57. The number of hydrogen-bond donors (Lipinski definition) is 1. The second-order valence-electron chi connectivity index (χ2n) is 8.31. The maximum absolute atomic E-state index is 12.8. The molecule has 124 valence electrons. The van der Waals surface area contributed by atoms with Gasteiger partial charge in [-0.25, -0.2) is 4.79 Å². The molecule has 2 aliphatic heterocycles. The first-order valence-electron chi connectivity index (χ1n) is 9.46. The summed E-state index contributed by atoms with van der Waals surface area (Å²) in [6, 6.07) is 2.59. The molecule has 22 heavy (non-hydrogen) atoms. The summed E-state index contributed by atoms with van der Waals surface area (Å²) >= 11 is 0. The number of carbonyl (C=O) groups excluding carboxylic acids is 1. The summed E-state index contributed by atoms with van der Waals surface area (Å²) in [5.41, 5.74) is 0. The number of likely N-dealkylation sites (tertiary alicyclic amines) is 1. The first-order chi connectivity index (χ1) is 10.6. The van der Waals surface area contributed by atoms with Gasteiger partial charge in [-0.1, -0.05) is 0 Å². The van der Waals surface area contributed by atoms with Gasteiger partial charge in [0.15, 0.2) is 0 Å². The third-order valence-corrected chi connectivity index (χ3v) is 6.27. The van der Waals surface area contributed by atoms with Gasteiger partial charge in [0.1, 0.15) is 0 Å². The Morgan fingerprint density at radius 1 is 0.955 bits per heavy atom. The average Bonchev–Trinajstić information content (AvgIpc) is 3.34. The van der Waals surface area contributed by atoms with Crippen molar-refractivity contribution in [1.29, 1.82) is 0 Å². The average molecular weight is 305 g/mol. The number of fused-ring (bicyclic) bond motifs is 2. The van der Waals surface area contributed by atoms with Gasteiger partial charge in [-0.3, -0.25) is 4.90 Å². The zero-order chi connectivity index (χ0) is 15.3. The molecule has 4 fully saturated rings. The molecule has 1 N–H and O–H groups in total. The van der Waals surface area contributed by atoms with Gasteiger partial charge in [-0.15, -0.1) is 0 Å². The molecule has 2 aliphatic carbocycles. The maximum Gasteiger partial charge on any atom is 0.317 e. The fourth-order valence-electron chi connectivity index (χ4n) is 4.90. The highest BCUT2D eigenvalue weighted by atomic mass is 16.2. The normalized spacial score (nSPS) is 32.6. The van der Waals surface area contributed by atoms with Crippen molar-refractivity contribution in [3.05, 3.63) is 0 Å². The lowest BCUT2D eigenvalue weighted by Crippen LogP contribution is -2.50. The first kappa shape index (κ1) is 14.8. The van der Waals surface area contributed by atoms with E-state index in [0.717, 1.165) is 31.3 Å². The fourth-order valence-corrected chi connectivity index (χ4v) is 4.90. The highest BCUT2D eigenvalue weighted by Gasteiger charge is 2.44. The van der Waals surface area contributed by atoms with Crippen molar-refractivity contribution >= 4 is 6.03 Å². The number of hydrogen-bond acceptors (Lipinski definition) is 2. The lowest BCUT2D eigenvalue weighted by atomic mass is 10.1. The quantitative estimate of drug-likeness (QED) is 0.867. The van der Waals surface area contributed by atoms with Gasteiger partial charge < -0.3 is 10.2 Å². The van der Waals surface area contributed by atoms with E-state index >= 15 is 0 Å². The molecule has 2 heterocycles. The molecular formula is C18H31N3O. The van der Waals surface area contributed by atoms with Gasteiger partial charge in [-0.2, -0.15) is 0 Å². The summed E-state index contributed by atoms with van der Waals surface area (Å²) in [5, 5.41) is 3.41. The Kier molecular flexibility index (Phi) is 3.83. The van der Waals surface area contributed by atoms with Crippen molar-refractivity contribution in [2.45, 2.75) is 83.0 Å². The van der Waals surface area contributed by atoms with Crippen LogP contribution < -0.4 is 5.32 Å². The first-order valence-corrected chi connectivity index (χ1v) is 9.46. The SMILES string of the molecule is CC(C)N1[C@H]2CC[C@H]1CN(C(=O)NC(C1CC1)C1CC1)CC2. The largest absolute Gasteiger partial charge is 0.335 e. The van der Waals surface area contributed by atoms with E-state index in [-0.39, 0.29) is 6.03 Å². The van der Waals surface area contributed by atoms with E-state index in [0.29, 0.717) is 24.2 Å². The van der Waals surface area contributed by atoms with Crippen LogP contribution in [0.25, 0.3) is 0 Å². The monoisotopic (exact) mass is 305 g/mol. The van der Waals surface area contributed by atoms with Crippen LogP contribution in [0.2, 0.25) is 0 Å². The molecule has 2 saturated carbocycles. The highest BCUT2D eigenvalue weighted by molar-refractivity contribution is 5.74. The minimum absolute atomic E-state index is 0.222. The molecule has 4 heteroatoms. The summed E-state index contributed by atoms with van der Waals surface area (Å²) < 4.78 is 0. The summed E-state index contributed by atoms with van der Waals surface area (Å²) in [4.78, 5) is 17.6. The number of nitrogens with one attached hydrogen (secondary N) is 1. The third-order valence-electron chi connectivity index (χ3n) is 6.27. The predicted molar refractivity (Wildman–Crippen MR) is 87.7 cm³/mol. The second kappa shape index (κ2) is 5.70. The van der Waals surface area contributed by atoms with E-state index < -0.39 is 0 Å². The van der Waals surface area contributed by atoms with Gasteiger partial charge in [-0.05, 0) is 70.6 Å². The van der Waals surface area contributed by atoms with E-state index in [1.54, 1.807) is 0 Å². The second-order valence-corrected chi connectivity index (χ2v) is 8.31. The molecular weight excluding hydrogens is 274 g/mol. The Bertz CT molecular complexity index is 418. The van der Waals surface area contributed by atoms with Crippen molar-refractivity contribution in [2.24, 2.45) is 11.8 Å². The number of nitrogens with zero attached hydrogens (tertiary/aromatic N) is 2. The van der Waals surface area contributed by atoms with Crippen molar-refractivity contribution < 1.29 is 4.79 Å². The minimum atomic E-state index is 0.222.